The zero-order chi connectivity index (χ0) is 18.6. The first-order valence-electron chi connectivity index (χ1n) is 8.45. The van der Waals surface area contributed by atoms with Crippen molar-refractivity contribution in [2.24, 2.45) is 0 Å². The van der Waals surface area contributed by atoms with Crippen LogP contribution in [-0.4, -0.2) is 10.9 Å². The molecule has 3 nitrogen and oxygen atoms in total. The number of carbonyl (C=O) groups is 1. The van der Waals surface area contributed by atoms with Crippen LogP contribution in [0.3, 0.4) is 0 Å². The van der Waals surface area contributed by atoms with Gasteiger partial charge in [-0.05, 0) is 66.0 Å². The number of nitrogens with one attached hydrogen (secondary N) is 1. The molecule has 1 aromatic carbocycles. The number of anilines is 1. The molecule has 25 heavy (non-hydrogen) atoms. The van der Waals surface area contributed by atoms with Gasteiger partial charge in [-0.25, -0.2) is 0 Å². The van der Waals surface area contributed by atoms with Crippen molar-refractivity contribution in [2.45, 2.75) is 47.0 Å². The molecule has 0 atom stereocenters. The van der Waals surface area contributed by atoms with Gasteiger partial charge in [-0.2, -0.15) is 0 Å². The molecule has 2 aromatic rings. The molecule has 0 unspecified atom stereocenters. The Hall–Kier alpha value is -1.87. The molecule has 2 rings (SSSR count). The third-order valence-electron chi connectivity index (χ3n) is 4.36. The standard InChI is InChI=1S/C21H23IN2O/c1-6-10-17-13(4)23-14(5)18(19(17)22)21(25)24-20-15(7-2)11-9-12-16(20)8-3/h1,9,11-12H,7-8,10H2,2-5H3,(H,24,25). The summed E-state index contributed by atoms with van der Waals surface area (Å²) in [5.41, 5.74) is 6.40. The fourth-order valence-corrected chi connectivity index (χ4v) is 4.21. The first kappa shape index (κ1) is 19.5. The number of amides is 1. The molecule has 0 aliphatic carbocycles. The number of pyridine rings is 1. The zero-order valence-electron chi connectivity index (χ0n) is 15.2. The maximum Gasteiger partial charge on any atom is 0.258 e. The summed E-state index contributed by atoms with van der Waals surface area (Å²) in [6.45, 7) is 8.00. The number of rotatable bonds is 5. The number of hydrogen-bond donors (Lipinski definition) is 1. The Bertz CT molecular complexity index is 828. The van der Waals surface area contributed by atoms with Crippen LogP contribution in [-0.2, 0) is 19.3 Å². The van der Waals surface area contributed by atoms with Crippen LogP contribution in [0.2, 0.25) is 0 Å². The summed E-state index contributed by atoms with van der Waals surface area (Å²) in [5, 5.41) is 3.13. The first-order chi connectivity index (χ1) is 11.9. The minimum Gasteiger partial charge on any atom is -0.321 e. The van der Waals surface area contributed by atoms with Gasteiger partial charge in [0, 0.05) is 21.4 Å². The molecule has 0 fully saturated rings. The van der Waals surface area contributed by atoms with E-state index in [4.69, 9.17) is 6.42 Å². The highest BCUT2D eigenvalue weighted by Crippen LogP contribution is 2.27. The molecule has 1 amide bonds. The molecule has 0 saturated carbocycles. The van der Waals surface area contributed by atoms with Crippen LogP contribution in [0.5, 0.6) is 0 Å². The van der Waals surface area contributed by atoms with Crippen LogP contribution in [0.4, 0.5) is 5.69 Å². The molecule has 0 aliphatic rings. The van der Waals surface area contributed by atoms with Crippen LogP contribution in [0.15, 0.2) is 18.2 Å². The minimum absolute atomic E-state index is 0.122. The number of carbonyl (C=O) groups excluding carboxylic acids is 1. The Morgan fingerprint density at radius 2 is 1.80 bits per heavy atom. The lowest BCUT2D eigenvalue weighted by Crippen LogP contribution is -2.19. The van der Waals surface area contributed by atoms with Gasteiger partial charge in [-0.1, -0.05) is 32.0 Å². The highest BCUT2D eigenvalue weighted by Gasteiger charge is 2.20. The lowest BCUT2D eigenvalue weighted by molar-refractivity contribution is 0.102. The molecule has 1 N–H and O–H groups in total. The van der Waals surface area contributed by atoms with Gasteiger partial charge in [0.2, 0.25) is 0 Å². The molecular formula is C21H23IN2O. The van der Waals surface area contributed by atoms with Crippen molar-refractivity contribution in [2.75, 3.05) is 5.32 Å². The molecular weight excluding hydrogens is 423 g/mol. The quantitative estimate of drug-likeness (QED) is 0.527. The monoisotopic (exact) mass is 446 g/mol. The summed E-state index contributed by atoms with van der Waals surface area (Å²) in [5.74, 6) is 2.54. The molecule has 0 bridgehead atoms. The average Bonchev–Trinajstić information content (AvgIpc) is 2.58. The number of aryl methyl sites for hydroxylation is 4. The number of terminal acetylenes is 1. The lowest BCUT2D eigenvalue weighted by Gasteiger charge is -2.17. The lowest BCUT2D eigenvalue weighted by atomic mass is 10.0. The van der Waals surface area contributed by atoms with E-state index in [1.165, 1.54) is 0 Å². The molecule has 1 aromatic heterocycles. The van der Waals surface area contributed by atoms with Crippen molar-refractivity contribution in [3.63, 3.8) is 0 Å². The van der Waals surface area contributed by atoms with E-state index in [2.05, 4.69) is 64.8 Å². The Balaban J connectivity index is 2.50. The van der Waals surface area contributed by atoms with Gasteiger partial charge in [-0.3, -0.25) is 9.78 Å². The molecule has 130 valence electrons. The molecule has 0 aliphatic heterocycles. The Morgan fingerprint density at radius 1 is 1.20 bits per heavy atom. The highest BCUT2D eigenvalue weighted by atomic mass is 127. The highest BCUT2D eigenvalue weighted by molar-refractivity contribution is 14.1. The van der Waals surface area contributed by atoms with E-state index >= 15 is 0 Å². The smallest absolute Gasteiger partial charge is 0.258 e. The summed E-state index contributed by atoms with van der Waals surface area (Å²) >= 11 is 2.21. The van der Waals surface area contributed by atoms with Gasteiger partial charge < -0.3 is 5.32 Å². The number of para-hydroxylation sites is 1. The molecule has 1 heterocycles. The van der Waals surface area contributed by atoms with E-state index in [0.717, 1.165) is 50.2 Å². The Kier molecular flexibility index (Phi) is 6.60. The second-order valence-corrected chi connectivity index (χ2v) is 7.02. The van der Waals surface area contributed by atoms with Crippen molar-refractivity contribution in [1.29, 1.82) is 0 Å². The third-order valence-corrected chi connectivity index (χ3v) is 5.55. The van der Waals surface area contributed by atoms with Crippen LogP contribution in [0.25, 0.3) is 0 Å². The minimum atomic E-state index is -0.122. The number of benzene rings is 1. The molecule has 0 saturated heterocycles. The molecule has 4 heteroatoms. The number of aromatic nitrogens is 1. The fraction of sp³-hybridized carbons (Fsp3) is 0.333. The zero-order valence-corrected chi connectivity index (χ0v) is 17.3. The summed E-state index contributed by atoms with van der Waals surface area (Å²) < 4.78 is 0.894. The Morgan fingerprint density at radius 3 is 2.32 bits per heavy atom. The number of hydrogen-bond acceptors (Lipinski definition) is 2. The van der Waals surface area contributed by atoms with Crippen molar-refractivity contribution >= 4 is 34.2 Å². The van der Waals surface area contributed by atoms with Gasteiger partial charge in [0.15, 0.2) is 0 Å². The second kappa shape index (κ2) is 8.48. The van der Waals surface area contributed by atoms with E-state index in [9.17, 15) is 4.79 Å². The maximum atomic E-state index is 13.1. The van der Waals surface area contributed by atoms with Crippen molar-refractivity contribution in [3.05, 3.63) is 55.4 Å². The molecule has 0 radical (unpaired) electrons. The summed E-state index contributed by atoms with van der Waals surface area (Å²) in [6.07, 6.45) is 7.69. The topological polar surface area (TPSA) is 42.0 Å². The van der Waals surface area contributed by atoms with Gasteiger partial charge in [0.1, 0.15) is 0 Å². The van der Waals surface area contributed by atoms with E-state index in [1.54, 1.807) is 0 Å². The van der Waals surface area contributed by atoms with Gasteiger partial charge in [-0.15, -0.1) is 12.3 Å². The average molecular weight is 446 g/mol. The Labute approximate surface area is 163 Å². The third kappa shape index (κ3) is 4.04. The van der Waals surface area contributed by atoms with Crippen molar-refractivity contribution in [1.82, 2.24) is 4.98 Å². The largest absolute Gasteiger partial charge is 0.321 e. The first-order valence-corrected chi connectivity index (χ1v) is 9.53. The summed E-state index contributed by atoms with van der Waals surface area (Å²) in [7, 11) is 0. The summed E-state index contributed by atoms with van der Waals surface area (Å²) in [6, 6.07) is 6.16. The molecule has 0 spiro atoms. The number of nitrogens with zero attached hydrogens (tertiary/aromatic N) is 1. The fourth-order valence-electron chi connectivity index (χ4n) is 2.99. The van der Waals surface area contributed by atoms with E-state index in [-0.39, 0.29) is 5.91 Å². The van der Waals surface area contributed by atoms with Gasteiger partial charge in [0.05, 0.1) is 11.3 Å². The van der Waals surface area contributed by atoms with Crippen LogP contribution in [0, 0.1) is 29.8 Å². The van der Waals surface area contributed by atoms with E-state index < -0.39 is 0 Å². The van der Waals surface area contributed by atoms with Crippen molar-refractivity contribution < 1.29 is 4.79 Å². The predicted octanol–water partition coefficient (Wildman–Crippen LogP) is 4.86. The predicted molar refractivity (Wildman–Crippen MR) is 112 cm³/mol. The maximum absolute atomic E-state index is 13.1. The van der Waals surface area contributed by atoms with Gasteiger partial charge in [0.25, 0.3) is 5.91 Å². The van der Waals surface area contributed by atoms with Gasteiger partial charge >= 0.3 is 0 Å². The van der Waals surface area contributed by atoms with Crippen LogP contribution >= 0.6 is 22.6 Å². The van der Waals surface area contributed by atoms with E-state index in [0.29, 0.717) is 12.0 Å². The normalized spacial score (nSPS) is 10.4. The number of halogens is 1. The summed E-state index contributed by atoms with van der Waals surface area (Å²) in [4.78, 5) is 17.6. The van der Waals surface area contributed by atoms with Crippen molar-refractivity contribution in [3.8, 4) is 12.3 Å². The SMILES string of the molecule is C#CCc1c(C)nc(C)c(C(=O)Nc2c(CC)cccc2CC)c1I. The van der Waals surface area contributed by atoms with Crippen LogP contribution in [0.1, 0.15) is 52.3 Å². The van der Waals surface area contributed by atoms with E-state index in [1.807, 2.05) is 19.9 Å². The second-order valence-electron chi connectivity index (χ2n) is 5.94. The van der Waals surface area contributed by atoms with Crippen LogP contribution < -0.4 is 5.32 Å².